The van der Waals surface area contributed by atoms with Gasteiger partial charge < -0.3 is 19.5 Å². The van der Waals surface area contributed by atoms with Crippen molar-refractivity contribution in [3.05, 3.63) is 48.0 Å². The first-order valence-corrected chi connectivity index (χ1v) is 12.5. The summed E-state index contributed by atoms with van der Waals surface area (Å²) in [6, 6.07) is 12.0. The minimum absolute atomic E-state index is 0.0411. The molecule has 33 heavy (non-hydrogen) atoms. The summed E-state index contributed by atoms with van der Waals surface area (Å²) >= 11 is 0. The normalized spacial score (nSPS) is 15.1. The molecule has 0 unspecified atom stereocenters. The molecular weight excluding hydrogens is 444 g/mol. The highest BCUT2D eigenvalue weighted by Gasteiger charge is 2.32. The first kappa shape index (κ1) is 24.9. The maximum atomic E-state index is 12.9. The smallest absolute Gasteiger partial charge is 0.243 e. The van der Waals surface area contributed by atoms with Crippen molar-refractivity contribution in [2.75, 3.05) is 40.5 Å². The maximum Gasteiger partial charge on any atom is 0.243 e. The van der Waals surface area contributed by atoms with Gasteiger partial charge in [-0.25, -0.2) is 8.42 Å². The Morgan fingerprint density at radius 2 is 1.70 bits per heavy atom. The van der Waals surface area contributed by atoms with Crippen LogP contribution in [0.2, 0.25) is 0 Å². The highest BCUT2D eigenvalue weighted by Crippen LogP contribution is 2.26. The third-order valence-electron chi connectivity index (χ3n) is 5.79. The Balaban J connectivity index is 1.49. The second-order valence-electron chi connectivity index (χ2n) is 7.80. The Hall–Kier alpha value is -2.78. The van der Waals surface area contributed by atoms with Crippen molar-refractivity contribution in [2.45, 2.75) is 31.1 Å². The Morgan fingerprint density at radius 1 is 1.03 bits per heavy atom. The summed E-state index contributed by atoms with van der Waals surface area (Å²) < 4.78 is 43.3. The number of amides is 1. The van der Waals surface area contributed by atoms with Gasteiger partial charge in [-0.1, -0.05) is 6.07 Å². The fourth-order valence-corrected chi connectivity index (χ4v) is 5.37. The van der Waals surface area contributed by atoms with Crippen LogP contribution < -0.4 is 19.5 Å². The third kappa shape index (κ3) is 6.17. The second kappa shape index (κ2) is 11.4. The van der Waals surface area contributed by atoms with E-state index >= 15 is 0 Å². The zero-order chi connectivity index (χ0) is 23.8. The Morgan fingerprint density at radius 3 is 2.30 bits per heavy atom. The first-order chi connectivity index (χ1) is 15.9. The van der Waals surface area contributed by atoms with E-state index in [0.29, 0.717) is 57.0 Å². The molecule has 1 N–H and O–H groups in total. The van der Waals surface area contributed by atoms with Crippen molar-refractivity contribution in [2.24, 2.45) is 5.92 Å². The predicted octanol–water partition coefficient (Wildman–Crippen LogP) is 2.86. The molecule has 0 atom stereocenters. The number of carbonyl (C=O) groups is 1. The number of carbonyl (C=O) groups excluding carboxylic acids is 1. The minimum Gasteiger partial charge on any atom is -0.497 e. The zero-order valence-electron chi connectivity index (χ0n) is 19.4. The van der Waals surface area contributed by atoms with E-state index in [-0.39, 0.29) is 16.7 Å². The van der Waals surface area contributed by atoms with Crippen LogP contribution in [-0.4, -0.2) is 59.1 Å². The standard InChI is InChI=1S/C24H32N2O6S/c1-4-32-20-7-9-22(10-8-20)33(28,29)26-15-12-19(13-16-26)24(27)25-14-11-18-5-6-21(30-2)17-23(18)31-3/h5-10,17,19H,4,11-16H2,1-3H3,(H,25,27). The van der Waals surface area contributed by atoms with Gasteiger partial charge >= 0.3 is 0 Å². The van der Waals surface area contributed by atoms with E-state index in [1.807, 2.05) is 25.1 Å². The van der Waals surface area contributed by atoms with E-state index in [0.717, 1.165) is 11.3 Å². The van der Waals surface area contributed by atoms with Crippen molar-refractivity contribution in [3.8, 4) is 17.2 Å². The van der Waals surface area contributed by atoms with Gasteiger partial charge in [0.2, 0.25) is 15.9 Å². The van der Waals surface area contributed by atoms with Crippen LogP contribution in [0, 0.1) is 5.92 Å². The number of nitrogens with zero attached hydrogens (tertiary/aromatic N) is 1. The molecule has 0 radical (unpaired) electrons. The number of methoxy groups -OCH3 is 2. The van der Waals surface area contributed by atoms with Crippen molar-refractivity contribution in [1.82, 2.24) is 9.62 Å². The van der Waals surface area contributed by atoms with Crippen molar-refractivity contribution < 1.29 is 27.4 Å². The van der Waals surface area contributed by atoms with Gasteiger partial charge in [0.15, 0.2) is 0 Å². The zero-order valence-corrected chi connectivity index (χ0v) is 20.2. The van der Waals surface area contributed by atoms with Gasteiger partial charge in [-0.15, -0.1) is 0 Å². The van der Waals surface area contributed by atoms with Crippen LogP contribution in [0.3, 0.4) is 0 Å². The van der Waals surface area contributed by atoms with Gasteiger partial charge in [-0.05, 0) is 62.1 Å². The molecule has 180 valence electrons. The summed E-state index contributed by atoms with van der Waals surface area (Å²) in [6.07, 6.45) is 1.62. The summed E-state index contributed by atoms with van der Waals surface area (Å²) in [5, 5.41) is 2.98. The van der Waals surface area contributed by atoms with E-state index in [1.54, 1.807) is 38.5 Å². The topological polar surface area (TPSA) is 94.2 Å². The number of hydrogen-bond acceptors (Lipinski definition) is 6. The molecule has 0 spiro atoms. The van der Waals surface area contributed by atoms with Crippen LogP contribution in [0.5, 0.6) is 17.2 Å². The van der Waals surface area contributed by atoms with Gasteiger partial charge in [0.25, 0.3) is 0 Å². The molecule has 0 saturated carbocycles. The summed E-state index contributed by atoms with van der Waals surface area (Å²) in [4.78, 5) is 12.9. The highest BCUT2D eigenvalue weighted by molar-refractivity contribution is 7.89. The van der Waals surface area contributed by atoms with Crippen molar-refractivity contribution in [3.63, 3.8) is 0 Å². The van der Waals surface area contributed by atoms with Gasteiger partial charge in [0.1, 0.15) is 17.2 Å². The molecule has 1 aliphatic heterocycles. The molecule has 9 heteroatoms. The van der Waals surface area contributed by atoms with Crippen LogP contribution in [0.25, 0.3) is 0 Å². The van der Waals surface area contributed by atoms with Crippen molar-refractivity contribution >= 4 is 15.9 Å². The number of rotatable bonds is 10. The monoisotopic (exact) mass is 476 g/mol. The molecule has 2 aromatic carbocycles. The largest absolute Gasteiger partial charge is 0.497 e. The third-order valence-corrected chi connectivity index (χ3v) is 7.70. The number of benzene rings is 2. The van der Waals surface area contributed by atoms with Gasteiger partial charge in [-0.3, -0.25) is 4.79 Å². The van der Waals surface area contributed by atoms with E-state index in [9.17, 15) is 13.2 Å². The molecule has 1 fully saturated rings. The first-order valence-electron chi connectivity index (χ1n) is 11.1. The molecule has 0 bridgehead atoms. The average Bonchev–Trinajstić information content (AvgIpc) is 2.84. The average molecular weight is 477 g/mol. The Bertz CT molecular complexity index is 1030. The Labute approximate surface area is 195 Å². The lowest BCUT2D eigenvalue weighted by Gasteiger charge is -2.30. The van der Waals surface area contributed by atoms with Crippen LogP contribution >= 0.6 is 0 Å². The summed E-state index contributed by atoms with van der Waals surface area (Å²) in [6.45, 7) is 3.52. The molecule has 1 aliphatic rings. The van der Waals surface area contributed by atoms with Crippen molar-refractivity contribution in [1.29, 1.82) is 0 Å². The minimum atomic E-state index is -3.59. The lowest BCUT2D eigenvalue weighted by Crippen LogP contribution is -2.43. The summed E-state index contributed by atoms with van der Waals surface area (Å²) in [7, 11) is -0.384. The Kier molecular flexibility index (Phi) is 8.57. The van der Waals surface area contributed by atoms with Gasteiger partial charge in [-0.2, -0.15) is 4.31 Å². The van der Waals surface area contributed by atoms with Crippen LogP contribution in [0.1, 0.15) is 25.3 Å². The molecular formula is C24H32N2O6S. The maximum absolute atomic E-state index is 12.9. The number of nitrogens with one attached hydrogen (secondary N) is 1. The number of hydrogen-bond donors (Lipinski definition) is 1. The molecule has 8 nitrogen and oxygen atoms in total. The lowest BCUT2D eigenvalue weighted by molar-refractivity contribution is -0.126. The lowest BCUT2D eigenvalue weighted by atomic mass is 9.97. The van der Waals surface area contributed by atoms with E-state index < -0.39 is 10.0 Å². The number of piperidine rings is 1. The SMILES string of the molecule is CCOc1ccc(S(=O)(=O)N2CCC(C(=O)NCCc3ccc(OC)cc3OC)CC2)cc1. The predicted molar refractivity (Wildman–Crippen MR) is 125 cm³/mol. The number of ether oxygens (including phenoxy) is 3. The summed E-state index contributed by atoms with van der Waals surface area (Å²) in [5.41, 5.74) is 0.981. The molecule has 0 aromatic heterocycles. The highest BCUT2D eigenvalue weighted by atomic mass is 32.2. The van der Waals surface area contributed by atoms with E-state index in [4.69, 9.17) is 14.2 Å². The van der Waals surface area contributed by atoms with Gasteiger partial charge in [0, 0.05) is 31.6 Å². The molecule has 2 aromatic rings. The molecule has 0 aliphatic carbocycles. The van der Waals surface area contributed by atoms with Gasteiger partial charge in [0.05, 0.1) is 25.7 Å². The van der Waals surface area contributed by atoms with Crippen LogP contribution in [-0.2, 0) is 21.2 Å². The van der Waals surface area contributed by atoms with E-state index in [1.165, 1.54) is 4.31 Å². The quantitative estimate of drug-likeness (QED) is 0.567. The number of sulfonamides is 1. The van der Waals surface area contributed by atoms with Crippen LogP contribution in [0.15, 0.2) is 47.4 Å². The van der Waals surface area contributed by atoms with Crippen LogP contribution in [0.4, 0.5) is 0 Å². The molecule has 1 amide bonds. The second-order valence-corrected chi connectivity index (χ2v) is 9.74. The summed E-state index contributed by atoms with van der Waals surface area (Å²) in [5.74, 6) is 1.83. The fourth-order valence-electron chi connectivity index (χ4n) is 3.91. The molecule has 1 saturated heterocycles. The van der Waals surface area contributed by atoms with E-state index in [2.05, 4.69) is 5.32 Å². The fraction of sp³-hybridized carbons (Fsp3) is 0.458. The molecule has 1 heterocycles. The molecule has 3 rings (SSSR count).